The number of amides is 2. The highest BCUT2D eigenvalue weighted by Crippen LogP contribution is 2.56. The number of piperidine rings is 1. The standard InChI is InChI=1S/C24H33N5O3/c1-4-27(5-2)23(31)20-17-29(26-25-20)21-10-11-24(21)12-14-28(15-13-24)22(30)16-18-6-8-19(32-3)9-7-18/h6-9,17,21H,4-5,10-16H2,1-3H3. The molecule has 1 unspecified atom stereocenters. The number of carbonyl (C=O) groups is 2. The summed E-state index contributed by atoms with van der Waals surface area (Å²) in [5.74, 6) is 0.912. The van der Waals surface area contributed by atoms with Gasteiger partial charge >= 0.3 is 0 Å². The van der Waals surface area contributed by atoms with Gasteiger partial charge in [0.05, 0.1) is 25.8 Å². The van der Waals surface area contributed by atoms with Crippen LogP contribution in [-0.2, 0) is 11.2 Å². The van der Waals surface area contributed by atoms with E-state index in [0.717, 1.165) is 50.1 Å². The highest BCUT2D eigenvalue weighted by molar-refractivity contribution is 5.91. The van der Waals surface area contributed by atoms with E-state index in [0.29, 0.717) is 25.2 Å². The monoisotopic (exact) mass is 439 g/mol. The van der Waals surface area contributed by atoms with Crippen LogP contribution in [0.2, 0.25) is 0 Å². The van der Waals surface area contributed by atoms with Crippen LogP contribution in [0.15, 0.2) is 30.5 Å². The number of nitrogens with zero attached hydrogens (tertiary/aromatic N) is 5. The van der Waals surface area contributed by atoms with Crippen LogP contribution in [0.3, 0.4) is 0 Å². The Morgan fingerprint density at radius 1 is 1.12 bits per heavy atom. The number of rotatable bonds is 7. The fourth-order valence-corrected chi connectivity index (χ4v) is 5.11. The third kappa shape index (κ3) is 4.23. The van der Waals surface area contributed by atoms with Gasteiger partial charge in [-0.3, -0.25) is 9.59 Å². The first-order valence-corrected chi connectivity index (χ1v) is 11.6. The molecule has 2 aliphatic rings. The highest BCUT2D eigenvalue weighted by Gasteiger charge is 2.50. The molecular formula is C24H33N5O3. The molecule has 2 aromatic rings. The Balaban J connectivity index is 1.35. The summed E-state index contributed by atoms with van der Waals surface area (Å²) in [5.41, 5.74) is 1.58. The Kier molecular flexibility index (Phi) is 6.48. The first-order valence-electron chi connectivity index (χ1n) is 11.6. The highest BCUT2D eigenvalue weighted by atomic mass is 16.5. The summed E-state index contributed by atoms with van der Waals surface area (Å²) >= 11 is 0. The molecule has 8 nitrogen and oxygen atoms in total. The summed E-state index contributed by atoms with van der Waals surface area (Å²) < 4.78 is 7.09. The van der Waals surface area contributed by atoms with Gasteiger partial charge in [0.15, 0.2) is 5.69 Å². The molecule has 1 aliphatic carbocycles. The van der Waals surface area contributed by atoms with Gasteiger partial charge in [0.1, 0.15) is 5.75 Å². The van der Waals surface area contributed by atoms with Crippen LogP contribution in [0, 0.1) is 5.41 Å². The van der Waals surface area contributed by atoms with Crippen molar-refractivity contribution in [3.63, 3.8) is 0 Å². The number of methoxy groups -OCH3 is 1. The smallest absolute Gasteiger partial charge is 0.276 e. The van der Waals surface area contributed by atoms with Crippen LogP contribution in [0.5, 0.6) is 5.75 Å². The summed E-state index contributed by atoms with van der Waals surface area (Å²) in [7, 11) is 1.64. The lowest BCUT2D eigenvalue weighted by Gasteiger charge is -2.53. The van der Waals surface area contributed by atoms with Crippen molar-refractivity contribution in [2.45, 2.75) is 52.0 Å². The first-order chi connectivity index (χ1) is 15.5. The van der Waals surface area contributed by atoms with Gasteiger partial charge < -0.3 is 14.5 Å². The van der Waals surface area contributed by atoms with Crippen molar-refractivity contribution in [1.29, 1.82) is 0 Å². The molecule has 2 amide bonds. The Bertz CT molecular complexity index is 943. The summed E-state index contributed by atoms with van der Waals surface area (Å²) in [4.78, 5) is 29.1. The van der Waals surface area contributed by atoms with Crippen LogP contribution in [0.4, 0.5) is 0 Å². The molecule has 1 aromatic heterocycles. The van der Waals surface area contributed by atoms with Gasteiger partial charge in [-0.25, -0.2) is 4.68 Å². The molecule has 0 N–H and O–H groups in total. The van der Waals surface area contributed by atoms with Gasteiger partial charge in [-0.2, -0.15) is 0 Å². The first kappa shape index (κ1) is 22.3. The molecule has 0 radical (unpaired) electrons. The van der Waals surface area contributed by atoms with E-state index in [4.69, 9.17) is 4.74 Å². The fourth-order valence-electron chi connectivity index (χ4n) is 5.11. The predicted molar refractivity (Wildman–Crippen MR) is 120 cm³/mol. The molecule has 2 fully saturated rings. The van der Waals surface area contributed by atoms with Crippen molar-refractivity contribution >= 4 is 11.8 Å². The zero-order valence-electron chi connectivity index (χ0n) is 19.3. The lowest BCUT2D eigenvalue weighted by atomic mass is 9.59. The van der Waals surface area contributed by atoms with Crippen molar-refractivity contribution in [2.24, 2.45) is 5.41 Å². The maximum Gasteiger partial charge on any atom is 0.276 e. The van der Waals surface area contributed by atoms with E-state index in [9.17, 15) is 9.59 Å². The van der Waals surface area contributed by atoms with E-state index < -0.39 is 0 Å². The molecule has 8 heteroatoms. The SMILES string of the molecule is CCN(CC)C(=O)c1cn(C2CCC23CCN(C(=O)Cc2ccc(OC)cc2)CC3)nn1. The normalized spacial score (nSPS) is 19.5. The van der Waals surface area contributed by atoms with Crippen molar-refractivity contribution in [2.75, 3.05) is 33.3 Å². The van der Waals surface area contributed by atoms with Crippen molar-refractivity contribution in [3.8, 4) is 5.75 Å². The van der Waals surface area contributed by atoms with Gasteiger partial charge in [-0.15, -0.1) is 5.10 Å². The fraction of sp³-hybridized carbons (Fsp3) is 0.583. The van der Waals surface area contributed by atoms with E-state index in [1.54, 1.807) is 12.0 Å². The Morgan fingerprint density at radius 3 is 2.38 bits per heavy atom. The van der Waals surface area contributed by atoms with Crippen LogP contribution in [-0.4, -0.2) is 69.9 Å². The van der Waals surface area contributed by atoms with E-state index in [1.807, 2.05) is 53.9 Å². The topological polar surface area (TPSA) is 80.6 Å². The summed E-state index contributed by atoms with van der Waals surface area (Å²) in [6.07, 6.45) is 6.34. The van der Waals surface area contributed by atoms with Gasteiger partial charge in [-0.05, 0) is 62.6 Å². The molecule has 1 saturated heterocycles. The lowest BCUT2D eigenvalue weighted by Crippen LogP contribution is -2.51. The molecule has 4 rings (SSSR count). The second-order valence-electron chi connectivity index (χ2n) is 8.88. The van der Waals surface area contributed by atoms with Crippen LogP contribution < -0.4 is 4.74 Å². The second kappa shape index (κ2) is 9.30. The minimum absolute atomic E-state index is 0.0615. The molecule has 2 heterocycles. The largest absolute Gasteiger partial charge is 0.497 e. The number of benzene rings is 1. The maximum atomic E-state index is 12.8. The van der Waals surface area contributed by atoms with Gasteiger partial charge in [0, 0.05) is 26.2 Å². The number of hydrogen-bond acceptors (Lipinski definition) is 5. The van der Waals surface area contributed by atoms with Crippen LogP contribution in [0.25, 0.3) is 0 Å². The zero-order valence-corrected chi connectivity index (χ0v) is 19.3. The molecule has 1 saturated carbocycles. The molecule has 1 spiro atoms. The zero-order chi connectivity index (χ0) is 22.7. The molecule has 1 aliphatic heterocycles. The van der Waals surface area contributed by atoms with Gasteiger partial charge in [0.25, 0.3) is 5.91 Å². The van der Waals surface area contributed by atoms with E-state index >= 15 is 0 Å². The molecule has 0 bridgehead atoms. The molecule has 1 aromatic carbocycles. The molecular weight excluding hydrogens is 406 g/mol. The third-order valence-electron chi connectivity index (χ3n) is 7.35. The quantitative estimate of drug-likeness (QED) is 0.663. The van der Waals surface area contributed by atoms with Crippen LogP contribution in [0.1, 0.15) is 61.6 Å². The van der Waals surface area contributed by atoms with E-state index in [2.05, 4.69) is 10.3 Å². The molecule has 172 valence electrons. The number of likely N-dealkylation sites (tertiary alicyclic amines) is 1. The maximum absolute atomic E-state index is 12.8. The van der Waals surface area contributed by atoms with E-state index in [1.165, 1.54) is 0 Å². The minimum Gasteiger partial charge on any atom is -0.497 e. The average molecular weight is 440 g/mol. The van der Waals surface area contributed by atoms with Crippen molar-refractivity contribution in [1.82, 2.24) is 24.8 Å². The number of carbonyl (C=O) groups excluding carboxylic acids is 2. The number of hydrogen-bond donors (Lipinski definition) is 0. The Morgan fingerprint density at radius 2 is 1.81 bits per heavy atom. The van der Waals surface area contributed by atoms with Crippen molar-refractivity contribution < 1.29 is 14.3 Å². The Hall–Kier alpha value is -2.90. The minimum atomic E-state index is -0.0615. The summed E-state index contributed by atoms with van der Waals surface area (Å²) in [6.45, 7) is 6.80. The number of aromatic nitrogens is 3. The Labute approximate surface area is 189 Å². The second-order valence-corrected chi connectivity index (χ2v) is 8.88. The molecule has 1 atom stereocenters. The summed E-state index contributed by atoms with van der Waals surface area (Å²) in [6, 6.07) is 7.94. The van der Waals surface area contributed by atoms with Crippen molar-refractivity contribution in [3.05, 3.63) is 41.7 Å². The van der Waals surface area contributed by atoms with Crippen LogP contribution >= 0.6 is 0 Å². The van der Waals surface area contributed by atoms with Gasteiger partial charge in [-0.1, -0.05) is 17.3 Å². The number of ether oxygens (including phenoxy) is 1. The van der Waals surface area contributed by atoms with Gasteiger partial charge in [0.2, 0.25) is 5.91 Å². The third-order valence-corrected chi connectivity index (χ3v) is 7.35. The summed E-state index contributed by atoms with van der Waals surface area (Å²) in [5, 5.41) is 8.48. The molecule has 32 heavy (non-hydrogen) atoms. The van der Waals surface area contributed by atoms with E-state index in [-0.39, 0.29) is 23.3 Å². The lowest BCUT2D eigenvalue weighted by molar-refractivity contribution is -0.135. The predicted octanol–water partition coefficient (Wildman–Crippen LogP) is 2.96. The average Bonchev–Trinajstić information content (AvgIpc) is 3.28.